The van der Waals surface area contributed by atoms with Gasteiger partial charge in [0.05, 0.1) is 14.2 Å². The van der Waals surface area contributed by atoms with Crippen molar-refractivity contribution in [2.75, 3.05) is 20.0 Å². The number of hydrogen-bond acceptors (Lipinski definition) is 5. The second-order valence-electron chi connectivity index (χ2n) is 5.28. The molecule has 0 saturated heterocycles. The van der Waals surface area contributed by atoms with Gasteiger partial charge in [-0.15, -0.1) is 11.8 Å². The summed E-state index contributed by atoms with van der Waals surface area (Å²) in [6, 6.07) is 8.14. The number of carbonyl (C=O) groups excluding carboxylic acids is 2. The third-order valence-corrected chi connectivity index (χ3v) is 4.41. The smallest absolute Gasteiger partial charge is 0.269 e. The molecule has 0 saturated carbocycles. The third kappa shape index (κ3) is 6.14. The molecule has 0 unspecified atom stereocenters. The van der Waals surface area contributed by atoms with Crippen LogP contribution in [0.5, 0.6) is 11.5 Å². The van der Waals surface area contributed by atoms with Crippen molar-refractivity contribution in [3.05, 3.63) is 53.6 Å². The highest BCUT2D eigenvalue weighted by atomic mass is 32.2. The Morgan fingerprint density at radius 3 is 2.22 bits per heavy atom. The summed E-state index contributed by atoms with van der Waals surface area (Å²) in [7, 11) is 2.92. The molecule has 0 aliphatic carbocycles. The van der Waals surface area contributed by atoms with E-state index in [9.17, 15) is 18.4 Å². The molecule has 9 heteroatoms. The van der Waals surface area contributed by atoms with Gasteiger partial charge in [-0.1, -0.05) is 0 Å². The van der Waals surface area contributed by atoms with Crippen molar-refractivity contribution < 1.29 is 27.8 Å². The van der Waals surface area contributed by atoms with Crippen LogP contribution in [0.1, 0.15) is 16.8 Å². The van der Waals surface area contributed by atoms with Crippen LogP contribution in [-0.4, -0.2) is 31.8 Å². The minimum atomic E-state index is -0.939. The molecule has 2 aromatic carbocycles. The predicted molar refractivity (Wildman–Crippen MR) is 96.9 cm³/mol. The zero-order valence-corrected chi connectivity index (χ0v) is 15.5. The van der Waals surface area contributed by atoms with Crippen LogP contribution in [0.2, 0.25) is 0 Å². The highest BCUT2D eigenvalue weighted by Gasteiger charge is 2.11. The van der Waals surface area contributed by atoms with Crippen LogP contribution in [0.25, 0.3) is 0 Å². The first-order valence-electron chi connectivity index (χ1n) is 7.83. The molecule has 0 aliphatic heterocycles. The molecule has 0 fully saturated rings. The molecule has 27 heavy (non-hydrogen) atoms. The lowest BCUT2D eigenvalue weighted by molar-refractivity contribution is -0.121. The summed E-state index contributed by atoms with van der Waals surface area (Å²) in [4.78, 5) is 24.5. The van der Waals surface area contributed by atoms with E-state index >= 15 is 0 Å². The van der Waals surface area contributed by atoms with Crippen LogP contribution in [0.4, 0.5) is 8.78 Å². The van der Waals surface area contributed by atoms with E-state index in [0.29, 0.717) is 22.1 Å². The largest absolute Gasteiger partial charge is 0.497 e. The number of halogens is 2. The van der Waals surface area contributed by atoms with E-state index in [-0.39, 0.29) is 12.0 Å². The van der Waals surface area contributed by atoms with Gasteiger partial charge < -0.3 is 9.47 Å². The first-order valence-corrected chi connectivity index (χ1v) is 8.81. The molecular formula is C18H18F2N2O4S. The molecule has 0 spiro atoms. The van der Waals surface area contributed by atoms with Gasteiger partial charge in [0, 0.05) is 28.7 Å². The number of benzene rings is 2. The van der Waals surface area contributed by atoms with E-state index in [0.717, 1.165) is 12.1 Å². The molecule has 2 amide bonds. The first kappa shape index (κ1) is 20.5. The fraction of sp³-hybridized carbons (Fsp3) is 0.222. The molecule has 0 atom stereocenters. The summed E-state index contributed by atoms with van der Waals surface area (Å²) in [5.74, 6) is -1.61. The number of carbonyl (C=O) groups is 2. The molecule has 0 radical (unpaired) electrons. The summed E-state index contributed by atoms with van der Waals surface area (Å²) < 4.78 is 36.1. The van der Waals surface area contributed by atoms with Crippen molar-refractivity contribution in [1.29, 1.82) is 0 Å². The lowest BCUT2D eigenvalue weighted by Gasteiger charge is -2.10. The average molecular weight is 396 g/mol. The van der Waals surface area contributed by atoms with E-state index in [1.165, 1.54) is 44.2 Å². The van der Waals surface area contributed by atoms with Crippen LogP contribution in [0.3, 0.4) is 0 Å². The van der Waals surface area contributed by atoms with Crippen LogP contribution >= 0.6 is 11.8 Å². The van der Waals surface area contributed by atoms with Gasteiger partial charge in [-0.3, -0.25) is 20.4 Å². The first-order chi connectivity index (χ1) is 12.9. The Bertz CT molecular complexity index is 811. The van der Waals surface area contributed by atoms with Gasteiger partial charge >= 0.3 is 0 Å². The molecule has 144 valence electrons. The van der Waals surface area contributed by atoms with E-state index in [1.54, 1.807) is 6.07 Å². The van der Waals surface area contributed by atoms with Gasteiger partial charge in [0.15, 0.2) is 11.6 Å². The maximum Gasteiger partial charge on any atom is 0.269 e. The number of ether oxygens (including phenoxy) is 2. The third-order valence-electron chi connectivity index (χ3n) is 3.42. The monoisotopic (exact) mass is 396 g/mol. The van der Waals surface area contributed by atoms with Gasteiger partial charge in [0.1, 0.15) is 11.5 Å². The van der Waals surface area contributed by atoms with Crippen molar-refractivity contribution in [1.82, 2.24) is 10.9 Å². The van der Waals surface area contributed by atoms with Gasteiger partial charge in [-0.05, 0) is 30.3 Å². The van der Waals surface area contributed by atoms with Crippen molar-refractivity contribution in [3.63, 3.8) is 0 Å². The van der Waals surface area contributed by atoms with Gasteiger partial charge in [-0.2, -0.15) is 0 Å². The molecule has 2 aromatic rings. The summed E-state index contributed by atoms with van der Waals surface area (Å²) in [5, 5.41) is 0. The zero-order valence-electron chi connectivity index (χ0n) is 14.7. The second-order valence-corrected chi connectivity index (χ2v) is 6.45. The molecule has 2 rings (SSSR count). The maximum atomic E-state index is 13.1. The number of amides is 2. The number of nitrogens with one attached hydrogen (secondary N) is 2. The minimum absolute atomic E-state index is 0.0748. The summed E-state index contributed by atoms with van der Waals surface area (Å²) in [5.41, 5.74) is 4.85. The standard InChI is InChI=1S/C18H18F2N2O4S/c1-25-12-7-11(8-13(9-12)26-2)18(24)22-21-17(23)5-6-27-14-3-4-15(19)16(20)10-14/h3-4,7-10H,5-6H2,1-2H3,(H,21,23)(H,22,24). The zero-order chi connectivity index (χ0) is 19.8. The summed E-state index contributed by atoms with van der Waals surface area (Å²) in [6.45, 7) is 0. The number of methoxy groups -OCH3 is 2. The molecule has 0 aliphatic rings. The number of rotatable bonds is 7. The summed E-state index contributed by atoms with van der Waals surface area (Å²) >= 11 is 1.20. The number of hydrazine groups is 1. The Morgan fingerprint density at radius 2 is 1.63 bits per heavy atom. The predicted octanol–water partition coefficient (Wildman–Crippen LogP) is 2.93. The van der Waals surface area contributed by atoms with Crippen LogP contribution in [0, 0.1) is 11.6 Å². The normalized spacial score (nSPS) is 10.2. The van der Waals surface area contributed by atoms with Crippen LogP contribution < -0.4 is 20.3 Å². The molecule has 0 bridgehead atoms. The molecular weight excluding hydrogens is 378 g/mol. The highest BCUT2D eigenvalue weighted by Crippen LogP contribution is 2.22. The Labute approximate surface area is 159 Å². The Balaban J connectivity index is 1.81. The average Bonchev–Trinajstić information content (AvgIpc) is 2.68. The topological polar surface area (TPSA) is 76.7 Å². The molecule has 0 aromatic heterocycles. The van der Waals surface area contributed by atoms with E-state index in [2.05, 4.69) is 10.9 Å². The lowest BCUT2D eigenvalue weighted by Crippen LogP contribution is -2.41. The Hall–Kier alpha value is -2.81. The van der Waals surface area contributed by atoms with Crippen molar-refractivity contribution in [2.24, 2.45) is 0 Å². The van der Waals surface area contributed by atoms with E-state index in [4.69, 9.17) is 9.47 Å². The Morgan fingerprint density at radius 1 is 0.963 bits per heavy atom. The molecule has 6 nitrogen and oxygen atoms in total. The Kier molecular flexibility index (Phi) is 7.42. The lowest BCUT2D eigenvalue weighted by atomic mass is 10.2. The SMILES string of the molecule is COc1cc(OC)cc(C(=O)NNC(=O)CCSc2ccc(F)c(F)c2)c1. The maximum absolute atomic E-state index is 13.1. The van der Waals surface area contributed by atoms with Crippen molar-refractivity contribution in [3.8, 4) is 11.5 Å². The quantitative estimate of drug-likeness (QED) is 0.556. The molecule has 0 heterocycles. The van der Waals surface area contributed by atoms with Gasteiger partial charge in [0.25, 0.3) is 5.91 Å². The van der Waals surface area contributed by atoms with Gasteiger partial charge in [-0.25, -0.2) is 8.78 Å². The fourth-order valence-electron chi connectivity index (χ4n) is 2.03. The number of hydrogen-bond donors (Lipinski definition) is 2. The van der Waals surface area contributed by atoms with Crippen LogP contribution in [-0.2, 0) is 4.79 Å². The van der Waals surface area contributed by atoms with Crippen molar-refractivity contribution >= 4 is 23.6 Å². The van der Waals surface area contributed by atoms with Crippen molar-refractivity contribution in [2.45, 2.75) is 11.3 Å². The molecule has 2 N–H and O–H groups in total. The second kappa shape index (κ2) is 9.77. The highest BCUT2D eigenvalue weighted by molar-refractivity contribution is 7.99. The van der Waals surface area contributed by atoms with Crippen LogP contribution in [0.15, 0.2) is 41.3 Å². The summed E-state index contributed by atoms with van der Waals surface area (Å²) in [6.07, 6.45) is 0.0748. The minimum Gasteiger partial charge on any atom is -0.497 e. The van der Waals surface area contributed by atoms with E-state index in [1.807, 2.05) is 0 Å². The van der Waals surface area contributed by atoms with Gasteiger partial charge in [0.2, 0.25) is 5.91 Å². The fourth-order valence-corrected chi connectivity index (χ4v) is 2.90. The van der Waals surface area contributed by atoms with E-state index < -0.39 is 23.4 Å². The number of thioether (sulfide) groups is 1.